The number of benzene rings is 1. The lowest BCUT2D eigenvalue weighted by Gasteiger charge is -2.25. The molecule has 0 saturated carbocycles. The monoisotopic (exact) mass is 388 g/mol. The van der Waals surface area contributed by atoms with Crippen LogP contribution >= 0.6 is 0 Å². The highest BCUT2D eigenvalue weighted by Gasteiger charge is 2.24. The van der Waals surface area contributed by atoms with Crippen molar-refractivity contribution in [1.82, 2.24) is 5.32 Å². The standard InChI is InChI=1S/C17H28N2O6S/c1-17(2,3)16(20)18-8-9-19(26(7,21)22)12-10-13(23-4)15(25-6)14(11-12)24-5/h10-11H,8-9H2,1-7H3,(H,18,20). The molecule has 0 spiro atoms. The quantitative estimate of drug-likeness (QED) is 0.728. The van der Waals surface area contributed by atoms with E-state index in [1.807, 2.05) is 0 Å². The fourth-order valence-corrected chi connectivity index (χ4v) is 3.15. The molecule has 0 atom stereocenters. The van der Waals surface area contributed by atoms with Gasteiger partial charge in [0.1, 0.15) is 0 Å². The van der Waals surface area contributed by atoms with Gasteiger partial charge in [-0.15, -0.1) is 0 Å². The molecule has 0 saturated heterocycles. The van der Waals surface area contributed by atoms with Crippen LogP contribution in [-0.4, -0.2) is 55.0 Å². The first-order chi connectivity index (χ1) is 12.0. The van der Waals surface area contributed by atoms with Crippen molar-refractivity contribution in [1.29, 1.82) is 0 Å². The predicted molar refractivity (Wildman–Crippen MR) is 101 cm³/mol. The summed E-state index contributed by atoms with van der Waals surface area (Å²) in [5, 5.41) is 2.74. The Morgan fingerprint density at radius 2 is 1.58 bits per heavy atom. The molecule has 0 aliphatic heterocycles. The molecule has 0 aliphatic carbocycles. The van der Waals surface area contributed by atoms with Crippen LogP contribution in [0.5, 0.6) is 17.2 Å². The molecule has 0 radical (unpaired) electrons. The minimum atomic E-state index is -3.59. The van der Waals surface area contributed by atoms with Crippen LogP contribution in [0.25, 0.3) is 0 Å². The molecule has 148 valence electrons. The molecule has 0 heterocycles. The van der Waals surface area contributed by atoms with E-state index in [9.17, 15) is 13.2 Å². The molecular weight excluding hydrogens is 360 g/mol. The zero-order valence-corrected chi connectivity index (χ0v) is 17.2. The van der Waals surface area contributed by atoms with Gasteiger partial charge in [0, 0.05) is 24.1 Å². The van der Waals surface area contributed by atoms with Crippen molar-refractivity contribution in [3.63, 3.8) is 0 Å². The van der Waals surface area contributed by atoms with Crippen molar-refractivity contribution < 1.29 is 27.4 Å². The van der Waals surface area contributed by atoms with E-state index in [1.165, 1.54) is 25.6 Å². The highest BCUT2D eigenvalue weighted by molar-refractivity contribution is 7.92. The maximum absolute atomic E-state index is 12.3. The lowest BCUT2D eigenvalue weighted by Crippen LogP contribution is -2.41. The Labute approximate surface area is 155 Å². The molecular formula is C17H28N2O6S. The summed E-state index contributed by atoms with van der Waals surface area (Å²) in [6.07, 6.45) is 1.10. The van der Waals surface area contributed by atoms with Gasteiger partial charge in [-0.25, -0.2) is 8.42 Å². The van der Waals surface area contributed by atoms with Crippen LogP contribution in [0.15, 0.2) is 12.1 Å². The third-order valence-corrected chi connectivity index (χ3v) is 4.81. The topological polar surface area (TPSA) is 94.2 Å². The van der Waals surface area contributed by atoms with Gasteiger partial charge in [-0.2, -0.15) is 0 Å². The van der Waals surface area contributed by atoms with Gasteiger partial charge < -0.3 is 19.5 Å². The molecule has 9 heteroatoms. The zero-order chi connectivity index (χ0) is 20.1. The molecule has 1 aromatic rings. The van der Waals surface area contributed by atoms with Gasteiger partial charge in [0.05, 0.1) is 39.8 Å². The molecule has 1 N–H and O–H groups in total. The van der Waals surface area contributed by atoms with Crippen molar-refractivity contribution in [2.45, 2.75) is 20.8 Å². The van der Waals surface area contributed by atoms with Crippen LogP contribution in [0.1, 0.15) is 20.8 Å². The molecule has 0 bridgehead atoms. The lowest BCUT2D eigenvalue weighted by atomic mass is 9.96. The molecule has 1 aromatic carbocycles. The number of carbonyl (C=O) groups is 1. The Morgan fingerprint density at radius 1 is 1.08 bits per heavy atom. The number of nitrogens with zero attached hydrogens (tertiary/aromatic N) is 1. The van der Waals surface area contributed by atoms with E-state index in [1.54, 1.807) is 32.9 Å². The van der Waals surface area contributed by atoms with Crippen molar-refractivity contribution in [3.8, 4) is 17.2 Å². The van der Waals surface area contributed by atoms with Gasteiger partial charge in [0.15, 0.2) is 11.5 Å². The number of amides is 1. The summed E-state index contributed by atoms with van der Waals surface area (Å²) >= 11 is 0. The molecule has 0 unspecified atom stereocenters. The van der Waals surface area contributed by atoms with Gasteiger partial charge in [-0.1, -0.05) is 20.8 Å². The maximum Gasteiger partial charge on any atom is 0.232 e. The Bertz CT molecular complexity index is 715. The first kappa shape index (κ1) is 21.9. The lowest BCUT2D eigenvalue weighted by molar-refractivity contribution is -0.128. The molecule has 0 aliphatic rings. The summed E-state index contributed by atoms with van der Waals surface area (Å²) in [4.78, 5) is 12.0. The van der Waals surface area contributed by atoms with Gasteiger partial charge in [-0.3, -0.25) is 9.10 Å². The molecule has 8 nitrogen and oxygen atoms in total. The van der Waals surface area contributed by atoms with Gasteiger partial charge >= 0.3 is 0 Å². The van der Waals surface area contributed by atoms with E-state index in [4.69, 9.17) is 14.2 Å². The average molecular weight is 388 g/mol. The number of ether oxygens (including phenoxy) is 3. The van der Waals surface area contributed by atoms with Crippen LogP contribution in [0.3, 0.4) is 0 Å². The summed E-state index contributed by atoms with van der Waals surface area (Å²) in [6.45, 7) is 5.60. The molecule has 1 rings (SSSR count). The van der Waals surface area contributed by atoms with Gasteiger partial charge in [0.2, 0.25) is 21.7 Å². The van der Waals surface area contributed by atoms with Crippen LogP contribution in [-0.2, 0) is 14.8 Å². The fraction of sp³-hybridized carbons (Fsp3) is 0.588. The molecule has 0 fully saturated rings. The van der Waals surface area contributed by atoms with Crippen molar-refractivity contribution in [3.05, 3.63) is 12.1 Å². The summed E-state index contributed by atoms with van der Waals surface area (Å²) in [6, 6.07) is 3.10. The second kappa shape index (κ2) is 8.48. The van der Waals surface area contributed by atoms with E-state index in [2.05, 4.69) is 5.32 Å². The number of carbonyl (C=O) groups excluding carboxylic acids is 1. The number of anilines is 1. The number of nitrogens with one attached hydrogen (secondary N) is 1. The smallest absolute Gasteiger partial charge is 0.232 e. The number of hydrogen-bond donors (Lipinski definition) is 1. The average Bonchev–Trinajstić information content (AvgIpc) is 2.54. The Balaban J connectivity index is 3.17. The van der Waals surface area contributed by atoms with E-state index < -0.39 is 15.4 Å². The first-order valence-corrected chi connectivity index (χ1v) is 9.86. The molecule has 26 heavy (non-hydrogen) atoms. The Hall–Kier alpha value is -2.16. The fourth-order valence-electron chi connectivity index (χ4n) is 2.23. The van der Waals surface area contributed by atoms with Crippen LogP contribution < -0.4 is 23.8 Å². The Morgan fingerprint density at radius 3 is 1.92 bits per heavy atom. The number of methoxy groups -OCH3 is 3. The van der Waals surface area contributed by atoms with E-state index in [0.717, 1.165) is 6.26 Å². The van der Waals surface area contributed by atoms with E-state index in [-0.39, 0.29) is 19.0 Å². The van der Waals surface area contributed by atoms with Crippen LogP contribution in [0, 0.1) is 5.41 Å². The molecule has 1 amide bonds. The van der Waals surface area contributed by atoms with Gasteiger partial charge in [-0.05, 0) is 0 Å². The SMILES string of the molecule is COc1cc(N(CCNC(=O)C(C)(C)C)S(C)(=O)=O)cc(OC)c1OC. The predicted octanol–water partition coefficient (Wildman–Crippen LogP) is 1.64. The zero-order valence-electron chi connectivity index (χ0n) is 16.4. The minimum Gasteiger partial charge on any atom is -0.493 e. The highest BCUT2D eigenvalue weighted by Crippen LogP contribution is 2.41. The number of hydrogen-bond acceptors (Lipinski definition) is 6. The van der Waals surface area contributed by atoms with Crippen molar-refractivity contribution in [2.24, 2.45) is 5.41 Å². The third kappa shape index (κ3) is 5.42. The van der Waals surface area contributed by atoms with Crippen LogP contribution in [0.2, 0.25) is 0 Å². The largest absolute Gasteiger partial charge is 0.493 e. The van der Waals surface area contributed by atoms with Crippen molar-refractivity contribution >= 4 is 21.6 Å². The number of rotatable bonds is 8. The van der Waals surface area contributed by atoms with E-state index >= 15 is 0 Å². The Kier molecular flexibility index (Phi) is 7.14. The highest BCUT2D eigenvalue weighted by atomic mass is 32.2. The number of sulfonamides is 1. The minimum absolute atomic E-state index is 0.0687. The summed E-state index contributed by atoms with van der Waals surface area (Å²) in [5.74, 6) is 0.896. The van der Waals surface area contributed by atoms with Gasteiger partial charge in [0.25, 0.3) is 0 Å². The molecule has 0 aromatic heterocycles. The first-order valence-electron chi connectivity index (χ1n) is 8.01. The second-order valence-electron chi connectivity index (χ2n) is 6.72. The summed E-state index contributed by atoms with van der Waals surface area (Å²) in [5.41, 5.74) is -0.199. The van der Waals surface area contributed by atoms with Crippen LogP contribution in [0.4, 0.5) is 5.69 Å². The normalized spacial score (nSPS) is 11.7. The maximum atomic E-state index is 12.3. The van der Waals surface area contributed by atoms with Crippen molar-refractivity contribution in [2.75, 3.05) is 45.0 Å². The third-order valence-electron chi connectivity index (χ3n) is 3.62. The van der Waals surface area contributed by atoms with E-state index in [0.29, 0.717) is 22.9 Å². The second-order valence-corrected chi connectivity index (χ2v) is 8.63. The summed E-state index contributed by atoms with van der Waals surface area (Å²) < 4.78 is 41.5. The summed E-state index contributed by atoms with van der Waals surface area (Å²) in [7, 11) is 0.785.